The largest absolute Gasteiger partial charge is 0.333 e. The van der Waals surface area contributed by atoms with Crippen LogP contribution in [-0.2, 0) is 13.1 Å². The molecule has 2 rings (SSSR count). The Balaban J connectivity index is 0.00000128. The van der Waals surface area contributed by atoms with Crippen LogP contribution in [0.1, 0.15) is 11.3 Å². The second-order valence-corrected chi connectivity index (χ2v) is 4.29. The molecular formula is C11H13BrClN3. The third kappa shape index (κ3) is 3.33. The molecular weight excluding hydrogens is 289 g/mol. The number of hydrogen-bond acceptors (Lipinski definition) is 2. The summed E-state index contributed by atoms with van der Waals surface area (Å²) in [4.78, 5) is 4.18. The number of imidazole rings is 1. The molecule has 0 saturated heterocycles. The van der Waals surface area contributed by atoms with E-state index < -0.39 is 0 Å². The van der Waals surface area contributed by atoms with Crippen LogP contribution in [0.25, 0.3) is 0 Å². The molecule has 1 heterocycles. The zero-order chi connectivity index (χ0) is 10.7. The van der Waals surface area contributed by atoms with Crippen molar-refractivity contribution >= 4 is 28.3 Å². The molecule has 86 valence electrons. The maximum Gasteiger partial charge on any atom is 0.0953 e. The fourth-order valence-corrected chi connectivity index (χ4v) is 1.89. The summed E-state index contributed by atoms with van der Waals surface area (Å²) in [7, 11) is 0. The quantitative estimate of drug-likeness (QED) is 0.947. The monoisotopic (exact) mass is 301 g/mol. The first-order valence-electron chi connectivity index (χ1n) is 4.73. The Labute approximate surface area is 109 Å². The van der Waals surface area contributed by atoms with Crippen LogP contribution in [-0.4, -0.2) is 9.55 Å². The van der Waals surface area contributed by atoms with Gasteiger partial charge in [0.1, 0.15) is 0 Å². The smallest absolute Gasteiger partial charge is 0.0953 e. The minimum absolute atomic E-state index is 0. The van der Waals surface area contributed by atoms with E-state index in [2.05, 4.69) is 33.0 Å². The Morgan fingerprint density at radius 3 is 2.81 bits per heavy atom. The Hall–Kier alpha value is -0.840. The summed E-state index contributed by atoms with van der Waals surface area (Å²) in [5.41, 5.74) is 7.66. The van der Waals surface area contributed by atoms with E-state index in [0.29, 0.717) is 6.54 Å². The van der Waals surface area contributed by atoms with E-state index in [4.69, 9.17) is 5.73 Å². The summed E-state index contributed by atoms with van der Waals surface area (Å²) >= 11 is 3.45. The van der Waals surface area contributed by atoms with Crippen LogP contribution in [0.5, 0.6) is 0 Å². The third-order valence-electron chi connectivity index (χ3n) is 2.15. The number of nitrogens with two attached hydrogens (primary N) is 1. The van der Waals surface area contributed by atoms with E-state index in [1.807, 2.05) is 29.2 Å². The molecule has 0 aliphatic carbocycles. The SMILES string of the molecule is Cl.NCc1cn(Cc2cccc(Br)c2)cn1. The molecule has 5 heteroatoms. The maximum atomic E-state index is 5.50. The van der Waals surface area contributed by atoms with E-state index in [1.165, 1.54) is 5.56 Å². The van der Waals surface area contributed by atoms with E-state index in [0.717, 1.165) is 16.7 Å². The van der Waals surface area contributed by atoms with Crippen molar-refractivity contribution < 1.29 is 0 Å². The molecule has 16 heavy (non-hydrogen) atoms. The zero-order valence-electron chi connectivity index (χ0n) is 8.64. The van der Waals surface area contributed by atoms with Crippen LogP contribution in [0.2, 0.25) is 0 Å². The lowest BCUT2D eigenvalue weighted by molar-refractivity contribution is 0.795. The van der Waals surface area contributed by atoms with Gasteiger partial charge in [-0.1, -0.05) is 28.1 Å². The van der Waals surface area contributed by atoms with Gasteiger partial charge in [-0.2, -0.15) is 0 Å². The number of benzene rings is 1. The summed E-state index contributed by atoms with van der Waals surface area (Å²) in [5, 5.41) is 0. The first-order chi connectivity index (χ1) is 7.28. The summed E-state index contributed by atoms with van der Waals surface area (Å²) < 4.78 is 3.13. The molecule has 0 amide bonds. The van der Waals surface area contributed by atoms with Crippen molar-refractivity contribution in [1.82, 2.24) is 9.55 Å². The zero-order valence-corrected chi connectivity index (χ0v) is 11.0. The normalized spacial score (nSPS) is 9.88. The fraction of sp³-hybridized carbons (Fsp3) is 0.182. The summed E-state index contributed by atoms with van der Waals surface area (Å²) in [6.07, 6.45) is 3.78. The topological polar surface area (TPSA) is 43.8 Å². The predicted molar refractivity (Wildman–Crippen MR) is 70.6 cm³/mol. The van der Waals surface area contributed by atoms with Crippen molar-refractivity contribution in [2.75, 3.05) is 0 Å². The molecule has 0 saturated carbocycles. The lowest BCUT2D eigenvalue weighted by Gasteiger charge is -2.02. The highest BCUT2D eigenvalue weighted by atomic mass is 79.9. The Bertz CT molecular complexity index is 456. The van der Waals surface area contributed by atoms with E-state index in [-0.39, 0.29) is 12.4 Å². The maximum absolute atomic E-state index is 5.50. The minimum Gasteiger partial charge on any atom is -0.333 e. The molecule has 0 atom stereocenters. The Morgan fingerprint density at radius 1 is 1.38 bits per heavy atom. The summed E-state index contributed by atoms with van der Waals surface area (Å²) in [6.45, 7) is 1.32. The molecule has 0 unspecified atom stereocenters. The minimum atomic E-state index is 0. The molecule has 0 aliphatic heterocycles. The van der Waals surface area contributed by atoms with Crippen molar-refractivity contribution in [3.8, 4) is 0 Å². The highest BCUT2D eigenvalue weighted by Crippen LogP contribution is 2.12. The number of halogens is 2. The van der Waals surface area contributed by atoms with Gasteiger partial charge in [0.05, 0.1) is 12.0 Å². The van der Waals surface area contributed by atoms with Gasteiger partial charge in [-0.25, -0.2) is 4.98 Å². The molecule has 0 radical (unpaired) electrons. The van der Waals surface area contributed by atoms with Gasteiger partial charge >= 0.3 is 0 Å². The highest BCUT2D eigenvalue weighted by molar-refractivity contribution is 9.10. The summed E-state index contributed by atoms with van der Waals surface area (Å²) in [5.74, 6) is 0. The lowest BCUT2D eigenvalue weighted by atomic mass is 10.2. The standard InChI is InChI=1S/C11H12BrN3.ClH/c12-10-3-1-2-9(4-10)6-15-7-11(5-13)14-8-15;/h1-4,7-8H,5-6,13H2;1H. The van der Waals surface area contributed by atoms with Gasteiger partial charge in [-0.05, 0) is 17.7 Å². The molecule has 2 aromatic rings. The van der Waals surface area contributed by atoms with Gasteiger partial charge in [0, 0.05) is 23.8 Å². The number of hydrogen-bond donors (Lipinski definition) is 1. The van der Waals surface area contributed by atoms with Gasteiger partial charge in [0.15, 0.2) is 0 Å². The van der Waals surface area contributed by atoms with Crippen molar-refractivity contribution in [2.24, 2.45) is 5.73 Å². The number of aromatic nitrogens is 2. The average molecular weight is 303 g/mol. The van der Waals surface area contributed by atoms with Gasteiger partial charge in [-0.3, -0.25) is 0 Å². The van der Waals surface area contributed by atoms with Gasteiger partial charge in [0.2, 0.25) is 0 Å². The predicted octanol–water partition coefficient (Wildman–Crippen LogP) is 2.57. The molecule has 0 fully saturated rings. The fourth-order valence-electron chi connectivity index (χ4n) is 1.44. The van der Waals surface area contributed by atoms with Gasteiger partial charge in [0.25, 0.3) is 0 Å². The third-order valence-corrected chi connectivity index (χ3v) is 2.64. The second-order valence-electron chi connectivity index (χ2n) is 3.37. The van der Waals surface area contributed by atoms with Crippen LogP contribution in [0, 0.1) is 0 Å². The van der Waals surface area contributed by atoms with Crippen LogP contribution in [0.15, 0.2) is 41.3 Å². The van der Waals surface area contributed by atoms with Gasteiger partial charge in [-0.15, -0.1) is 12.4 Å². The van der Waals surface area contributed by atoms with Crippen LogP contribution < -0.4 is 5.73 Å². The van der Waals surface area contributed by atoms with Crippen LogP contribution >= 0.6 is 28.3 Å². The van der Waals surface area contributed by atoms with Gasteiger partial charge < -0.3 is 10.3 Å². The van der Waals surface area contributed by atoms with Crippen molar-refractivity contribution in [1.29, 1.82) is 0 Å². The molecule has 1 aromatic carbocycles. The Morgan fingerprint density at radius 2 is 2.19 bits per heavy atom. The van der Waals surface area contributed by atoms with E-state index in [1.54, 1.807) is 0 Å². The molecule has 3 nitrogen and oxygen atoms in total. The van der Waals surface area contributed by atoms with E-state index >= 15 is 0 Å². The second kappa shape index (κ2) is 6.03. The Kier molecular flexibility index (Phi) is 4.99. The molecule has 1 aromatic heterocycles. The first kappa shape index (κ1) is 13.2. The number of rotatable bonds is 3. The molecule has 0 spiro atoms. The number of nitrogens with zero attached hydrogens (tertiary/aromatic N) is 2. The van der Waals surface area contributed by atoms with Crippen molar-refractivity contribution in [3.05, 3.63) is 52.5 Å². The summed E-state index contributed by atoms with van der Waals surface area (Å²) in [6, 6.07) is 8.23. The molecule has 2 N–H and O–H groups in total. The van der Waals surface area contributed by atoms with Crippen molar-refractivity contribution in [2.45, 2.75) is 13.1 Å². The average Bonchev–Trinajstić information content (AvgIpc) is 2.65. The van der Waals surface area contributed by atoms with Crippen LogP contribution in [0.3, 0.4) is 0 Å². The molecule has 0 bridgehead atoms. The first-order valence-corrected chi connectivity index (χ1v) is 5.52. The van der Waals surface area contributed by atoms with Crippen molar-refractivity contribution in [3.63, 3.8) is 0 Å². The molecule has 0 aliphatic rings. The van der Waals surface area contributed by atoms with E-state index in [9.17, 15) is 0 Å². The van der Waals surface area contributed by atoms with Crippen LogP contribution in [0.4, 0.5) is 0 Å². The highest BCUT2D eigenvalue weighted by Gasteiger charge is 1.98. The lowest BCUT2D eigenvalue weighted by Crippen LogP contribution is -1.98.